The summed E-state index contributed by atoms with van der Waals surface area (Å²) in [5.74, 6) is -0.171. The van der Waals surface area contributed by atoms with Crippen LogP contribution in [0.3, 0.4) is 0 Å². The fourth-order valence-electron chi connectivity index (χ4n) is 1.32. The molecule has 0 spiro atoms. The Labute approximate surface area is 109 Å². The van der Waals surface area contributed by atoms with Crippen LogP contribution >= 0.6 is 15.9 Å². The minimum absolute atomic E-state index is 0.0488. The third kappa shape index (κ3) is 4.98. The number of rotatable bonds is 5. The fourth-order valence-corrected chi connectivity index (χ4v) is 1.58. The van der Waals surface area contributed by atoms with Crippen LogP contribution in [0.15, 0.2) is 28.7 Å². The molecule has 0 fully saturated rings. The molecule has 0 bridgehead atoms. The molecule has 90 valence electrons. The molecule has 1 aromatic rings. The maximum atomic E-state index is 11.3. The molecule has 0 heterocycles. The van der Waals surface area contributed by atoms with Gasteiger partial charge in [-0.1, -0.05) is 28.1 Å². The van der Waals surface area contributed by atoms with Crippen molar-refractivity contribution in [2.75, 3.05) is 13.1 Å². The molecule has 0 saturated carbocycles. The Balaban J connectivity index is 2.39. The lowest BCUT2D eigenvalue weighted by molar-refractivity contribution is -0.120. The van der Waals surface area contributed by atoms with Crippen LogP contribution in [0.2, 0.25) is 0 Å². The number of carbonyl (C=O) groups excluding carboxylic acids is 1. The van der Waals surface area contributed by atoms with Crippen molar-refractivity contribution in [2.24, 2.45) is 0 Å². The number of benzene rings is 1. The van der Waals surface area contributed by atoms with Gasteiger partial charge in [-0.05, 0) is 24.6 Å². The van der Waals surface area contributed by atoms with E-state index in [0.717, 1.165) is 10.0 Å². The maximum Gasteiger partial charge on any atom is 0.234 e. The summed E-state index contributed by atoms with van der Waals surface area (Å²) < 4.78 is 1.03. The van der Waals surface area contributed by atoms with Crippen molar-refractivity contribution in [3.8, 4) is 6.07 Å². The third-order valence-electron chi connectivity index (χ3n) is 2.30. The van der Waals surface area contributed by atoms with E-state index in [1.54, 1.807) is 0 Å². The first-order valence-electron chi connectivity index (χ1n) is 5.26. The number of carbonyl (C=O) groups is 1. The van der Waals surface area contributed by atoms with E-state index in [1.807, 2.05) is 37.3 Å². The van der Waals surface area contributed by atoms with Gasteiger partial charge in [0.2, 0.25) is 5.91 Å². The van der Waals surface area contributed by atoms with Crippen LogP contribution in [-0.2, 0) is 4.79 Å². The van der Waals surface area contributed by atoms with Crippen LogP contribution in [0, 0.1) is 11.3 Å². The first kappa shape index (κ1) is 13.7. The molecule has 2 N–H and O–H groups in total. The fraction of sp³-hybridized carbons (Fsp3) is 0.333. The Hall–Kier alpha value is -1.38. The molecule has 0 aliphatic rings. The van der Waals surface area contributed by atoms with Gasteiger partial charge in [0.05, 0.1) is 12.6 Å². The molecule has 0 aliphatic heterocycles. The zero-order valence-electron chi connectivity index (χ0n) is 9.53. The monoisotopic (exact) mass is 295 g/mol. The Morgan fingerprint density at radius 2 is 2.12 bits per heavy atom. The van der Waals surface area contributed by atoms with Gasteiger partial charge >= 0.3 is 0 Å². The summed E-state index contributed by atoms with van der Waals surface area (Å²) in [6.07, 6.45) is 0. The van der Waals surface area contributed by atoms with Crippen molar-refractivity contribution in [3.63, 3.8) is 0 Å². The topological polar surface area (TPSA) is 64.9 Å². The highest BCUT2D eigenvalue weighted by Gasteiger charge is 2.06. The summed E-state index contributed by atoms with van der Waals surface area (Å²) in [6, 6.07) is 9.87. The van der Waals surface area contributed by atoms with Gasteiger partial charge in [-0.15, -0.1) is 0 Å². The molecule has 0 aromatic heterocycles. The molecule has 0 saturated heterocycles. The number of amides is 1. The van der Waals surface area contributed by atoms with Crippen LogP contribution in [-0.4, -0.2) is 19.0 Å². The quantitative estimate of drug-likeness (QED) is 0.813. The molecule has 4 nitrogen and oxygen atoms in total. The van der Waals surface area contributed by atoms with E-state index in [0.29, 0.717) is 0 Å². The lowest BCUT2D eigenvalue weighted by Gasteiger charge is -2.13. The first-order chi connectivity index (χ1) is 8.13. The zero-order valence-corrected chi connectivity index (χ0v) is 11.1. The van der Waals surface area contributed by atoms with Crippen LogP contribution in [0.25, 0.3) is 0 Å². The lowest BCUT2D eigenvalue weighted by Crippen LogP contribution is -2.35. The van der Waals surface area contributed by atoms with Gasteiger partial charge in [0.25, 0.3) is 0 Å². The third-order valence-corrected chi connectivity index (χ3v) is 2.83. The Morgan fingerprint density at radius 1 is 1.47 bits per heavy atom. The molecule has 0 aliphatic carbocycles. The van der Waals surface area contributed by atoms with E-state index >= 15 is 0 Å². The summed E-state index contributed by atoms with van der Waals surface area (Å²) in [7, 11) is 0. The molecular weight excluding hydrogens is 282 g/mol. The Bertz CT molecular complexity index is 411. The molecule has 1 atom stereocenters. The SMILES string of the molecule is C[C@@H](NCC(=O)NCC#N)c1ccc(Br)cc1. The molecule has 0 radical (unpaired) electrons. The highest BCUT2D eigenvalue weighted by Crippen LogP contribution is 2.16. The number of hydrogen-bond acceptors (Lipinski definition) is 3. The average molecular weight is 296 g/mol. The van der Waals surface area contributed by atoms with Crippen molar-refractivity contribution in [3.05, 3.63) is 34.3 Å². The normalized spacial score (nSPS) is 11.6. The second-order valence-electron chi connectivity index (χ2n) is 3.59. The van der Waals surface area contributed by atoms with Gasteiger partial charge < -0.3 is 10.6 Å². The number of nitrogens with zero attached hydrogens (tertiary/aromatic N) is 1. The minimum Gasteiger partial charge on any atom is -0.342 e. The van der Waals surface area contributed by atoms with Crippen molar-refractivity contribution < 1.29 is 4.79 Å². The van der Waals surface area contributed by atoms with Crippen molar-refractivity contribution >= 4 is 21.8 Å². The smallest absolute Gasteiger partial charge is 0.234 e. The van der Waals surface area contributed by atoms with Crippen molar-refractivity contribution in [1.82, 2.24) is 10.6 Å². The molecule has 1 aromatic carbocycles. The van der Waals surface area contributed by atoms with Crippen molar-refractivity contribution in [1.29, 1.82) is 5.26 Å². The van der Waals surface area contributed by atoms with Crippen LogP contribution in [0.1, 0.15) is 18.5 Å². The van der Waals surface area contributed by atoms with Crippen molar-refractivity contribution in [2.45, 2.75) is 13.0 Å². The highest BCUT2D eigenvalue weighted by molar-refractivity contribution is 9.10. The van der Waals surface area contributed by atoms with E-state index in [4.69, 9.17) is 5.26 Å². The highest BCUT2D eigenvalue weighted by atomic mass is 79.9. The maximum absolute atomic E-state index is 11.3. The molecule has 1 amide bonds. The van der Waals surface area contributed by atoms with Gasteiger partial charge in [-0.2, -0.15) is 5.26 Å². The molecule has 0 unspecified atom stereocenters. The Morgan fingerprint density at radius 3 is 2.71 bits per heavy atom. The standard InChI is InChI=1S/C12H14BrN3O/c1-9(10-2-4-11(13)5-3-10)16-8-12(17)15-7-6-14/h2-5,9,16H,7-8H2,1H3,(H,15,17)/t9-/m1/s1. The molecule has 1 rings (SSSR count). The minimum atomic E-state index is -0.171. The molecular formula is C12H14BrN3O. The molecule has 17 heavy (non-hydrogen) atoms. The van der Waals surface area contributed by atoms with Crippen LogP contribution in [0.5, 0.6) is 0 Å². The second-order valence-corrected chi connectivity index (χ2v) is 4.50. The van der Waals surface area contributed by atoms with E-state index < -0.39 is 0 Å². The zero-order chi connectivity index (χ0) is 12.7. The van der Waals surface area contributed by atoms with Crippen LogP contribution in [0.4, 0.5) is 0 Å². The number of nitriles is 1. The molecule has 5 heteroatoms. The summed E-state index contributed by atoms with van der Waals surface area (Å²) >= 11 is 3.37. The number of nitrogens with one attached hydrogen (secondary N) is 2. The van der Waals surface area contributed by atoms with E-state index in [-0.39, 0.29) is 25.0 Å². The Kier molecular flexibility index (Phi) is 5.67. The van der Waals surface area contributed by atoms with Gasteiger partial charge in [0, 0.05) is 10.5 Å². The summed E-state index contributed by atoms with van der Waals surface area (Å²) in [5.41, 5.74) is 1.11. The van der Waals surface area contributed by atoms with Crippen LogP contribution < -0.4 is 10.6 Å². The number of hydrogen-bond donors (Lipinski definition) is 2. The van der Waals surface area contributed by atoms with E-state index in [1.165, 1.54) is 0 Å². The largest absolute Gasteiger partial charge is 0.342 e. The van der Waals surface area contributed by atoms with Gasteiger partial charge in [-0.25, -0.2) is 0 Å². The van der Waals surface area contributed by atoms with Gasteiger partial charge in [0.15, 0.2) is 0 Å². The summed E-state index contributed by atoms with van der Waals surface area (Å²) in [6.45, 7) is 2.24. The van der Waals surface area contributed by atoms with E-state index in [2.05, 4.69) is 26.6 Å². The predicted octanol–water partition coefficient (Wildman–Crippen LogP) is 1.74. The predicted molar refractivity (Wildman–Crippen MR) is 69.2 cm³/mol. The van der Waals surface area contributed by atoms with E-state index in [9.17, 15) is 4.79 Å². The number of halogens is 1. The summed E-state index contributed by atoms with van der Waals surface area (Å²) in [4.78, 5) is 11.3. The van der Waals surface area contributed by atoms with Gasteiger partial charge in [-0.3, -0.25) is 4.79 Å². The summed E-state index contributed by atoms with van der Waals surface area (Å²) in [5, 5.41) is 13.9. The first-order valence-corrected chi connectivity index (χ1v) is 6.05. The lowest BCUT2D eigenvalue weighted by atomic mass is 10.1. The second kappa shape index (κ2) is 7.05. The average Bonchev–Trinajstić information content (AvgIpc) is 2.34. The van der Waals surface area contributed by atoms with Gasteiger partial charge in [0.1, 0.15) is 6.54 Å².